The molecular weight excluding hydrogens is 217 g/mol. The molecule has 0 bridgehead atoms. The van der Waals surface area contributed by atoms with Gasteiger partial charge in [0.25, 0.3) is 0 Å². The Kier molecular flexibility index (Phi) is 5.98. The highest BCUT2D eigenvalue weighted by Gasteiger charge is 2.02. The molecule has 0 radical (unpaired) electrons. The van der Waals surface area contributed by atoms with Crippen molar-refractivity contribution < 1.29 is 9.13 Å². The summed E-state index contributed by atoms with van der Waals surface area (Å²) in [6.45, 7) is 7.52. The number of aryl methyl sites for hydroxylation is 1. The summed E-state index contributed by atoms with van der Waals surface area (Å²) in [6, 6.07) is 5.40. The second-order valence-electron chi connectivity index (χ2n) is 4.23. The molecule has 0 aliphatic carbocycles. The molecule has 3 heteroatoms. The molecule has 1 N–H and O–H groups in total. The lowest BCUT2D eigenvalue weighted by Gasteiger charge is -2.15. The zero-order valence-electron chi connectivity index (χ0n) is 10.9. The summed E-state index contributed by atoms with van der Waals surface area (Å²) >= 11 is 0. The van der Waals surface area contributed by atoms with Gasteiger partial charge in [-0.1, -0.05) is 13.8 Å². The minimum atomic E-state index is -0.187. The third-order valence-corrected chi connectivity index (χ3v) is 2.92. The SMILES string of the molecule is CCC(CC)NCCOc1ccc(F)c(C)c1. The van der Waals surface area contributed by atoms with E-state index in [2.05, 4.69) is 19.2 Å². The fourth-order valence-corrected chi connectivity index (χ4v) is 1.72. The third-order valence-electron chi connectivity index (χ3n) is 2.92. The minimum Gasteiger partial charge on any atom is -0.492 e. The summed E-state index contributed by atoms with van der Waals surface area (Å²) in [5.41, 5.74) is 0.621. The maximum atomic E-state index is 13.0. The molecule has 0 heterocycles. The van der Waals surface area contributed by atoms with Gasteiger partial charge >= 0.3 is 0 Å². The van der Waals surface area contributed by atoms with E-state index in [0.717, 1.165) is 25.1 Å². The average molecular weight is 239 g/mol. The van der Waals surface area contributed by atoms with Gasteiger partial charge in [0, 0.05) is 12.6 Å². The van der Waals surface area contributed by atoms with Gasteiger partial charge in [0.05, 0.1) is 0 Å². The Bertz CT molecular complexity index is 337. The van der Waals surface area contributed by atoms with Crippen molar-refractivity contribution in [3.8, 4) is 5.75 Å². The van der Waals surface area contributed by atoms with Crippen molar-refractivity contribution in [1.29, 1.82) is 0 Å². The molecule has 0 amide bonds. The van der Waals surface area contributed by atoms with Crippen LogP contribution in [0.2, 0.25) is 0 Å². The smallest absolute Gasteiger partial charge is 0.126 e. The fourth-order valence-electron chi connectivity index (χ4n) is 1.72. The van der Waals surface area contributed by atoms with E-state index in [9.17, 15) is 4.39 Å². The van der Waals surface area contributed by atoms with E-state index in [1.807, 2.05) is 0 Å². The van der Waals surface area contributed by atoms with Crippen LogP contribution in [0.4, 0.5) is 4.39 Å². The minimum absolute atomic E-state index is 0.187. The lowest BCUT2D eigenvalue weighted by atomic mass is 10.2. The normalized spacial score (nSPS) is 10.9. The van der Waals surface area contributed by atoms with E-state index in [1.54, 1.807) is 19.1 Å². The highest BCUT2D eigenvalue weighted by atomic mass is 19.1. The molecule has 0 spiro atoms. The molecular formula is C14H22FNO. The highest BCUT2D eigenvalue weighted by molar-refractivity contribution is 5.28. The van der Waals surface area contributed by atoms with Gasteiger partial charge in [-0.15, -0.1) is 0 Å². The van der Waals surface area contributed by atoms with E-state index in [-0.39, 0.29) is 5.82 Å². The summed E-state index contributed by atoms with van der Waals surface area (Å²) in [5.74, 6) is 0.544. The first-order valence-corrected chi connectivity index (χ1v) is 6.29. The highest BCUT2D eigenvalue weighted by Crippen LogP contribution is 2.15. The fraction of sp³-hybridized carbons (Fsp3) is 0.571. The van der Waals surface area contributed by atoms with Crippen molar-refractivity contribution in [1.82, 2.24) is 5.32 Å². The van der Waals surface area contributed by atoms with E-state index in [0.29, 0.717) is 18.2 Å². The largest absolute Gasteiger partial charge is 0.492 e. The molecule has 0 saturated heterocycles. The molecule has 0 atom stereocenters. The summed E-state index contributed by atoms with van der Waals surface area (Å²) < 4.78 is 18.6. The molecule has 0 fully saturated rings. The van der Waals surface area contributed by atoms with Crippen LogP contribution in [0.25, 0.3) is 0 Å². The second-order valence-corrected chi connectivity index (χ2v) is 4.23. The summed E-state index contributed by atoms with van der Waals surface area (Å²) in [5, 5.41) is 3.42. The molecule has 17 heavy (non-hydrogen) atoms. The van der Waals surface area contributed by atoms with Gasteiger partial charge in [-0.05, 0) is 43.5 Å². The van der Waals surface area contributed by atoms with Crippen molar-refractivity contribution in [2.24, 2.45) is 0 Å². The Hall–Kier alpha value is -1.09. The Morgan fingerprint density at radius 1 is 1.29 bits per heavy atom. The lowest BCUT2D eigenvalue weighted by molar-refractivity contribution is 0.302. The molecule has 1 aromatic carbocycles. The van der Waals surface area contributed by atoms with Crippen molar-refractivity contribution >= 4 is 0 Å². The van der Waals surface area contributed by atoms with Crippen LogP contribution in [0.1, 0.15) is 32.3 Å². The molecule has 1 aromatic rings. The van der Waals surface area contributed by atoms with Crippen molar-refractivity contribution in [3.63, 3.8) is 0 Å². The quantitative estimate of drug-likeness (QED) is 0.737. The zero-order valence-corrected chi connectivity index (χ0v) is 10.9. The first-order valence-electron chi connectivity index (χ1n) is 6.29. The number of rotatable bonds is 7. The number of ether oxygens (including phenoxy) is 1. The van der Waals surface area contributed by atoms with E-state index in [1.165, 1.54) is 6.07 Å². The predicted molar refractivity (Wildman–Crippen MR) is 69.0 cm³/mol. The number of halogens is 1. The molecule has 2 nitrogen and oxygen atoms in total. The van der Waals surface area contributed by atoms with E-state index < -0.39 is 0 Å². The van der Waals surface area contributed by atoms with Crippen LogP contribution in [0.3, 0.4) is 0 Å². The van der Waals surface area contributed by atoms with E-state index >= 15 is 0 Å². The predicted octanol–water partition coefficient (Wildman–Crippen LogP) is 3.29. The van der Waals surface area contributed by atoms with Crippen molar-refractivity contribution in [3.05, 3.63) is 29.6 Å². The molecule has 1 rings (SSSR count). The average Bonchev–Trinajstić information content (AvgIpc) is 2.34. The molecule has 0 saturated carbocycles. The van der Waals surface area contributed by atoms with Crippen LogP contribution in [-0.4, -0.2) is 19.2 Å². The van der Waals surface area contributed by atoms with Crippen LogP contribution >= 0.6 is 0 Å². The maximum Gasteiger partial charge on any atom is 0.126 e. The maximum absolute atomic E-state index is 13.0. The zero-order chi connectivity index (χ0) is 12.7. The monoisotopic (exact) mass is 239 g/mol. The Labute approximate surface area is 103 Å². The standard InChI is InChI=1S/C14H22FNO/c1-4-12(5-2)16-8-9-17-13-6-7-14(15)11(3)10-13/h6-7,10,12,16H,4-5,8-9H2,1-3H3. The van der Waals surface area contributed by atoms with E-state index in [4.69, 9.17) is 4.74 Å². The van der Waals surface area contributed by atoms with Crippen LogP contribution in [-0.2, 0) is 0 Å². The van der Waals surface area contributed by atoms with Crippen LogP contribution in [0.15, 0.2) is 18.2 Å². The first-order chi connectivity index (χ1) is 8.17. The summed E-state index contributed by atoms with van der Waals surface area (Å²) in [4.78, 5) is 0. The number of hydrogen-bond donors (Lipinski definition) is 1. The number of benzene rings is 1. The van der Waals surface area contributed by atoms with Gasteiger partial charge in [-0.3, -0.25) is 0 Å². The van der Waals surface area contributed by atoms with Gasteiger partial charge in [-0.25, -0.2) is 4.39 Å². The van der Waals surface area contributed by atoms with Gasteiger partial charge in [-0.2, -0.15) is 0 Å². The van der Waals surface area contributed by atoms with Crippen molar-refractivity contribution in [2.45, 2.75) is 39.7 Å². The summed E-state index contributed by atoms with van der Waals surface area (Å²) in [7, 11) is 0. The second kappa shape index (κ2) is 7.28. The van der Waals surface area contributed by atoms with Crippen LogP contribution in [0.5, 0.6) is 5.75 Å². The van der Waals surface area contributed by atoms with Gasteiger partial charge in [0.1, 0.15) is 18.2 Å². The van der Waals surface area contributed by atoms with Crippen molar-refractivity contribution in [2.75, 3.05) is 13.2 Å². The Morgan fingerprint density at radius 2 is 2.00 bits per heavy atom. The van der Waals surface area contributed by atoms with Gasteiger partial charge < -0.3 is 10.1 Å². The van der Waals surface area contributed by atoms with Crippen LogP contribution in [0, 0.1) is 12.7 Å². The number of hydrogen-bond acceptors (Lipinski definition) is 2. The molecule has 0 aliphatic heterocycles. The van der Waals surface area contributed by atoms with Gasteiger partial charge in [0.2, 0.25) is 0 Å². The third kappa shape index (κ3) is 4.73. The molecule has 0 unspecified atom stereocenters. The summed E-state index contributed by atoms with van der Waals surface area (Å²) in [6.07, 6.45) is 2.26. The first kappa shape index (κ1) is 14.0. The molecule has 96 valence electrons. The molecule has 0 aromatic heterocycles. The van der Waals surface area contributed by atoms with Crippen LogP contribution < -0.4 is 10.1 Å². The lowest BCUT2D eigenvalue weighted by Crippen LogP contribution is -2.31. The number of nitrogens with one attached hydrogen (secondary N) is 1. The Balaban J connectivity index is 2.28. The van der Waals surface area contributed by atoms with Gasteiger partial charge in [0.15, 0.2) is 0 Å². The topological polar surface area (TPSA) is 21.3 Å². The Morgan fingerprint density at radius 3 is 2.59 bits per heavy atom. The molecule has 0 aliphatic rings.